The molecule has 2 aromatic heterocycles. The predicted octanol–water partition coefficient (Wildman–Crippen LogP) is 3.10. The third-order valence-electron chi connectivity index (χ3n) is 3.02. The molecule has 0 saturated carbocycles. The highest BCUT2D eigenvalue weighted by molar-refractivity contribution is 7.15. The van der Waals surface area contributed by atoms with Gasteiger partial charge in [-0.25, -0.2) is 4.98 Å². The van der Waals surface area contributed by atoms with Crippen molar-refractivity contribution < 1.29 is 4.74 Å². The first kappa shape index (κ1) is 12.7. The number of ether oxygens (including phenoxy) is 1. The van der Waals surface area contributed by atoms with Gasteiger partial charge in [-0.2, -0.15) is 5.10 Å². The number of thiazole rings is 1. The monoisotopic (exact) mass is 286 g/mol. The zero-order valence-corrected chi connectivity index (χ0v) is 12.0. The van der Waals surface area contributed by atoms with Gasteiger partial charge in [0.25, 0.3) is 0 Å². The lowest BCUT2D eigenvalue weighted by molar-refractivity contribution is 0.415. The van der Waals surface area contributed by atoms with Gasteiger partial charge in [0.15, 0.2) is 5.82 Å². The number of nitrogens with zero attached hydrogens (tertiary/aromatic N) is 2. The maximum atomic E-state index is 6.01. The van der Waals surface area contributed by atoms with Crippen molar-refractivity contribution >= 4 is 17.2 Å². The zero-order chi connectivity index (χ0) is 14.1. The highest BCUT2D eigenvalue weighted by Gasteiger charge is 2.16. The fourth-order valence-corrected chi connectivity index (χ4v) is 2.86. The number of aromatic nitrogens is 3. The number of nitrogen functional groups attached to an aromatic ring is 1. The van der Waals surface area contributed by atoms with Crippen LogP contribution < -0.4 is 10.5 Å². The lowest BCUT2D eigenvalue weighted by Crippen LogP contribution is -1.89. The van der Waals surface area contributed by atoms with E-state index in [2.05, 4.69) is 15.2 Å². The van der Waals surface area contributed by atoms with E-state index in [1.807, 2.05) is 37.4 Å². The molecule has 5 nitrogen and oxygen atoms in total. The second kappa shape index (κ2) is 4.97. The van der Waals surface area contributed by atoms with Gasteiger partial charge in [-0.3, -0.25) is 5.10 Å². The number of nitrogens with two attached hydrogens (primary N) is 1. The van der Waals surface area contributed by atoms with Gasteiger partial charge in [-0.05, 0) is 24.6 Å². The summed E-state index contributed by atoms with van der Waals surface area (Å²) in [7, 11) is 1.64. The molecule has 0 atom stereocenters. The molecule has 0 saturated heterocycles. The maximum absolute atomic E-state index is 6.01. The molecule has 0 aliphatic heterocycles. The minimum Gasteiger partial charge on any atom is -0.497 e. The van der Waals surface area contributed by atoms with Crippen molar-refractivity contribution in [2.45, 2.75) is 6.92 Å². The smallest absolute Gasteiger partial charge is 0.153 e. The minimum atomic E-state index is 0.472. The Morgan fingerprint density at radius 3 is 2.90 bits per heavy atom. The number of aryl methyl sites for hydroxylation is 1. The zero-order valence-electron chi connectivity index (χ0n) is 11.2. The number of anilines is 1. The summed E-state index contributed by atoms with van der Waals surface area (Å²) < 4.78 is 5.26. The molecule has 2 heterocycles. The summed E-state index contributed by atoms with van der Waals surface area (Å²) in [5.41, 5.74) is 8.75. The molecule has 6 heteroatoms. The molecule has 0 aliphatic carbocycles. The summed E-state index contributed by atoms with van der Waals surface area (Å²) >= 11 is 1.60. The Morgan fingerprint density at radius 2 is 2.20 bits per heavy atom. The molecule has 0 aliphatic rings. The lowest BCUT2D eigenvalue weighted by atomic mass is 10.0. The van der Waals surface area contributed by atoms with Crippen LogP contribution in [-0.4, -0.2) is 22.3 Å². The molecule has 0 radical (unpaired) electrons. The number of hydrogen-bond acceptors (Lipinski definition) is 5. The van der Waals surface area contributed by atoms with Crippen molar-refractivity contribution in [3.8, 4) is 27.4 Å². The molecule has 3 rings (SSSR count). The summed E-state index contributed by atoms with van der Waals surface area (Å²) in [5.74, 6) is 1.26. The highest BCUT2D eigenvalue weighted by Crippen LogP contribution is 2.37. The minimum absolute atomic E-state index is 0.472. The molecule has 0 spiro atoms. The molecule has 0 amide bonds. The van der Waals surface area contributed by atoms with E-state index in [0.717, 1.165) is 32.5 Å². The maximum Gasteiger partial charge on any atom is 0.153 e. The van der Waals surface area contributed by atoms with Crippen molar-refractivity contribution in [1.82, 2.24) is 15.2 Å². The van der Waals surface area contributed by atoms with Gasteiger partial charge in [0.05, 0.1) is 28.3 Å². The van der Waals surface area contributed by atoms with Crippen molar-refractivity contribution in [3.05, 3.63) is 35.5 Å². The predicted molar refractivity (Wildman–Crippen MR) is 80.8 cm³/mol. The molecule has 3 N–H and O–H groups in total. The van der Waals surface area contributed by atoms with Crippen LogP contribution in [0.4, 0.5) is 5.82 Å². The number of H-pyrrole nitrogens is 1. The van der Waals surface area contributed by atoms with Crippen molar-refractivity contribution in [2.75, 3.05) is 12.8 Å². The molecule has 102 valence electrons. The quantitative estimate of drug-likeness (QED) is 0.775. The molecule has 0 bridgehead atoms. The average Bonchev–Trinajstić information content (AvgIpc) is 3.05. The lowest BCUT2D eigenvalue weighted by Gasteiger charge is -2.05. The Balaban J connectivity index is 2.15. The number of nitrogens with one attached hydrogen (secondary N) is 1. The third-order valence-corrected chi connectivity index (χ3v) is 3.95. The van der Waals surface area contributed by atoms with E-state index < -0.39 is 0 Å². The number of rotatable bonds is 3. The second-order valence-electron chi connectivity index (χ2n) is 4.33. The summed E-state index contributed by atoms with van der Waals surface area (Å²) in [5, 5.41) is 8.12. The van der Waals surface area contributed by atoms with Crippen LogP contribution in [0.5, 0.6) is 5.75 Å². The van der Waals surface area contributed by atoms with E-state index in [1.54, 1.807) is 18.4 Å². The molecule has 20 heavy (non-hydrogen) atoms. The Bertz CT molecular complexity index is 747. The number of hydrogen-bond donors (Lipinski definition) is 2. The van der Waals surface area contributed by atoms with Gasteiger partial charge in [0.2, 0.25) is 0 Å². The summed E-state index contributed by atoms with van der Waals surface area (Å²) in [6.45, 7) is 1.97. The summed E-state index contributed by atoms with van der Waals surface area (Å²) in [6.07, 6.45) is 1.83. The first-order chi connectivity index (χ1) is 9.69. The van der Waals surface area contributed by atoms with Gasteiger partial charge in [0.1, 0.15) is 5.75 Å². The van der Waals surface area contributed by atoms with Crippen LogP contribution >= 0.6 is 11.3 Å². The molecule has 3 aromatic rings. The first-order valence-electron chi connectivity index (χ1n) is 6.10. The van der Waals surface area contributed by atoms with Crippen LogP contribution in [0, 0.1) is 6.92 Å². The van der Waals surface area contributed by atoms with E-state index >= 15 is 0 Å². The Kier molecular flexibility index (Phi) is 3.15. The van der Waals surface area contributed by atoms with Crippen molar-refractivity contribution in [1.29, 1.82) is 0 Å². The van der Waals surface area contributed by atoms with Gasteiger partial charge in [-0.15, -0.1) is 11.3 Å². The van der Waals surface area contributed by atoms with Gasteiger partial charge >= 0.3 is 0 Å². The number of aromatic amines is 1. The molecule has 1 aromatic carbocycles. The highest BCUT2D eigenvalue weighted by atomic mass is 32.1. The van der Waals surface area contributed by atoms with Crippen LogP contribution in [0.1, 0.15) is 5.01 Å². The van der Waals surface area contributed by atoms with Gasteiger partial charge in [0, 0.05) is 6.20 Å². The second-order valence-corrected chi connectivity index (χ2v) is 5.57. The average molecular weight is 286 g/mol. The molecule has 0 fully saturated rings. The van der Waals surface area contributed by atoms with E-state index in [9.17, 15) is 0 Å². The van der Waals surface area contributed by atoms with E-state index in [4.69, 9.17) is 10.5 Å². The molecular formula is C14H14N4OS. The topological polar surface area (TPSA) is 76.8 Å². The fourth-order valence-electron chi connectivity index (χ4n) is 2.08. The summed E-state index contributed by atoms with van der Waals surface area (Å²) in [4.78, 5) is 5.29. The van der Waals surface area contributed by atoms with E-state index in [-0.39, 0.29) is 0 Å². The Labute approximate surface area is 120 Å². The first-order valence-corrected chi connectivity index (χ1v) is 6.91. The number of benzene rings is 1. The van der Waals surface area contributed by atoms with E-state index in [0.29, 0.717) is 5.82 Å². The van der Waals surface area contributed by atoms with Crippen LogP contribution in [0.25, 0.3) is 21.7 Å². The largest absolute Gasteiger partial charge is 0.497 e. The van der Waals surface area contributed by atoms with Crippen molar-refractivity contribution in [3.63, 3.8) is 0 Å². The van der Waals surface area contributed by atoms with Crippen LogP contribution in [0.15, 0.2) is 30.5 Å². The molecular weight excluding hydrogens is 272 g/mol. The SMILES string of the molecule is COc1cccc(-c2c(N)n[nH]c2-c2cnc(C)s2)c1. The summed E-state index contributed by atoms with van der Waals surface area (Å²) in [6, 6.07) is 7.76. The van der Waals surface area contributed by atoms with Crippen LogP contribution in [-0.2, 0) is 0 Å². The van der Waals surface area contributed by atoms with Crippen LogP contribution in [0.2, 0.25) is 0 Å². The van der Waals surface area contributed by atoms with Crippen LogP contribution in [0.3, 0.4) is 0 Å². The Morgan fingerprint density at radius 1 is 1.35 bits per heavy atom. The van der Waals surface area contributed by atoms with Crippen molar-refractivity contribution in [2.24, 2.45) is 0 Å². The third kappa shape index (κ3) is 2.14. The normalized spacial score (nSPS) is 10.7. The number of methoxy groups -OCH3 is 1. The molecule has 0 unspecified atom stereocenters. The van der Waals surface area contributed by atoms with Gasteiger partial charge < -0.3 is 10.5 Å². The Hall–Kier alpha value is -2.34. The standard InChI is InChI=1S/C14H14N4OS/c1-8-16-7-11(20-8)13-12(14(15)18-17-13)9-4-3-5-10(6-9)19-2/h3-7H,1-2H3,(H3,15,17,18). The fraction of sp³-hybridized carbons (Fsp3) is 0.143. The van der Waals surface area contributed by atoms with E-state index in [1.165, 1.54) is 0 Å². The van der Waals surface area contributed by atoms with Gasteiger partial charge in [-0.1, -0.05) is 12.1 Å².